The van der Waals surface area contributed by atoms with E-state index in [9.17, 15) is 0 Å². The van der Waals surface area contributed by atoms with E-state index in [-0.39, 0.29) is 0 Å². The summed E-state index contributed by atoms with van der Waals surface area (Å²) < 4.78 is 2.47. The SMILES string of the molecule is CN(C)Cc1ccc2n1Cc1ccccc1SC2. The second kappa shape index (κ2) is 4.82. The monoisotopic (exact) mass is 258 g/mol. The maximum atomic E-state index is 2.47. The van der Waals surface area contributed by atoms with Crippen molar-refractivity contribution in [1.82, 2.24) is 9.47 Å². The van der Waals surface area contributed by atoms with Gasteiger partial charge in [-0.1, -0.05) is 18.2 Å². The van der Waals surface area contributed by atoms with Crippen LogP contribution in [0.2, 0.25) is 0 Å². The first-order valence-corrected chi connectivity index (χ1v) is 7.25. The van der Waals surface area contributed by atoms with E-state index >= 15 is 0 Å². The standard InChI is InChI=1S/C15H18N2S/c1-16(2)10-13-7-8-14-11-18-15-6-4-3-5-12(15)9-17(13)14/h3-8H,9-11H2,1-2H3. The van der Waals surface area contributed by atoms with Crippen molar-refractivity contribution in [2.45, 2.75) is 23.7 Å². The number of hydrogen-bond acceptors (Lipinski definition) is 2. The van der Waals surface area contributed by atoms with Gasteiger partial charge in [0.2, 0.25) is 0 Å². The first-order valence-electron chi connectivity index (χ1n) is 6.27. The number of hydrogen-bond donors (Lipinski definition) is 0. The third kappa shape index (κ3) is 2.20. The molecular weight excluding hydrogens is 240 g/mol. The number of nitrogens with zero attached hydrogens (tertiary/aromatic N) is 2. The molecule has 0 radical (unpaired) electrons. The van der Waals surface area contributed by atoms with Gasteiger partial charge in [0.05, 0.1) is 0 Å². The Hall–Kier alpha value is -1.19. The first-order chi connectivity index (χ1) is 8.74. The smallest absolute Gasteiger partial charge is 0.0487 e. The number of aromatic nitrogens is 1. The fraction of sp³-hybridized carbons (Fsp3) is 0.333. The van der Waals surface area contributed by atoms with Crippen LogP contribution in [0.4, 0.5) is 0 Å². The molecule has 1 aromatic heterocycles. The van der Waals surface area contributed by atoms with Crippen LogP contribution in [0.3, 0.4) is 0 Å². The third-order valence-corrected chi connectivity index (χ3v) is 4.47. The first kappa shape index (κ1) is 11.9. The van der Waals surface area contributed by atoms with Gasteiger partial charge in [0.15, 0.2) is 0 Å². The van der Waals surface area contributed by atoms with Crippen LogP contribution in [0.25, 0.3) is 0 Å². The van der Waals surface area contributed by atoms with Gasteiger partial charge >= 0.3 is 0 Å². The lowest BCUT2D eigenvalue weighted by atomic mass is 10.2. The van der Waals surface area contributed by atoms with Gasteiger partial charge in [0, 0.05) is 35.1 Å². The lowest BCUT2D eigenvalue weighted by Crippen LogP contribution is -2.15. The Morgan fingerprint density at radius 2 is 2.00 bits per heavy atom. The number of benzene rings is 1. The molecule has 1 aromatic carbocycles. The fourth-order valence-corrected chi connectivity index (χ4v) is 3.49. The van der Waals surface area contributed by atoms with Crippen LogP contribution < -0.4 is 0 Å². The molecule has 0 atom stereocenters. The van der Waals surface area contributed by atoms with Gasteiger partial charge in [-0.25, -0.2) is 0 Å². The third-order valence-electron chi connectivity index (χ3n) is 3.32. The molecule has 3 heteroatoms. The van der Waals surface area contributed by atoms with Crippen molar-refractivity contribution >= 4 is 11.8 Å². The Bertz CT molecular complexity index is 557. The second-order valence-electron chi connectivity index (χ2n) is 5.04. The van der Waals surface area contributed by atoms with Crippen molar-refractivity contribution in [3.8, 4) is 0 Å². The van der Waals surface area contributed by atoms with E-state index in [0.717, 1.165) is 18.8 Å². The maximum Gasteiger partial charge on any atom is 0.0487 e. The molecule has 1 aliphatic heterocycles. The molecule has 0 spiro atoms. The minimum absolute atomic E-state index is 1.01. The van der Waals surface area contributed by atoms with Crippen LogP contribution in [0.1, 0.15) is 17.0 Å². The molecule has 2 nitrogen and oxygen atoms in total. The molecule has 3 rings (SSSR count). The molecule has 18 heavy (non-hydrogen) atoms. The summed E-state index contributed by atoms with van der Waals surface area (Å²) in [7, 11) is 4.25. The van der Waals surface area contributed by atoms with Crippen LogP contribution in [-0.4, -0.2) is 23.6 Å². The average molecular weight is 258 g/mol. The molecule has 1 aliphatic rings. The van der Waals surface area contributed by atoms with Gasteiger partial charge in [0.25, 0.3) is 0 Å². The molecule has 0 aliphatic carbocycles. The van der Waals surface area contributed by atoms with Crippen molar-refractivity contribution in [2.24, 2.45) is 0 Å². The zero-order valence-electron chi connectivity index (χ0n) is 10.9. The van der Waals surface area contributed by atoms with E-state index in [0.29, 0.717) is 0 Å². The summed E-state index contributed by atoms with van der Waals surface area (Å²) in [6.45, 7) is 2.02. The number of rotatable bonds is 2. The van der Waals surface area contributed by atoms with E-state index in [4.69, 9.17) is 0 Å². The molecule has 0 N–H and O–H groups in total. The Labute approximate surface area is 113 Å². The van der Waals surface area contributed by atoms with E-state index in [1.807, 2.05) is 11.8 Å². The highest BCUT2D eigenvalue weighted by molar-refractivity contribution is 7.98. The van der Waals surface area contributed by atoms with E-state index in [1.165, 1.54) is 21.8 Å². The van der Waals surface area contributed by atoms with E-state index in [2.05, 4.69) is 60.0 Å². The molecule has 0 amide bonds. The molecule has 0 fully saturated rings. The van der Waals surface area contributed by atoms with Gasteiger partial charge in [-0.2, -0.15) is 0 Å². The minimum Gasteiger partial charge on any atom is -0.342 e. The normalized spacial score (nSPS) is 14.2. The van der Waals surface area contributed by atoms with Crippen LogP contribution in [0.5, 0.6) is 0 Å². The molecule has 2 aromatic rings. The quantitative estimate of drug-likeness (QED) is 0.817. The summed E-state index contributed by atoms with van der Waals surface area (Å²) >= 11 is 1.95. The molecular formula is C15H18N2S. The Morgan fingerprint density at radius 3 is 2.83 bits per heavy atom. The number of fused-ring (bicyclic) bond motifs is 2. The lowest BCUT2D eigenvalue weighted by molar-refractivity contribution is 0.388. The predicted octanol–water partition coefficient (Wildman–Crippen LogP) is 3.20. The van der Waals surface area contributed by atoms with Gasteiger partial charge in [-0.15, -0.1) is 11.8 Å². The molecule has 0 unspecified atom stereocenters. The molecule has 0 saturated heterocycles. The zero-order valence-corrected chi connectivity index (χ0v) is 11.7. The van der Waals surface area contributed by atoms with E-state index < -0.39 is 0 Å². The fourth-order valence-electron chi connectivity index (χ4n) is 2.45. The second-order valence-corrected chi connectivity index (χ2v) is 6.05. The van der Waals surface area contributed by atoms with Gasteiger partial charge in [0.1, 0.15) is 0 Å². The zero-order chi connectivity index (χ0) is 12.5. The van der Waals surface area contributed by atoms with Crippen LogP contribution >= 0.6 is 11.8 Å². The van der Waals surface area contributed by atoms with Crippen molar-refractivity contribution < 1.29 is 0 Å². The summed E-state index contributed by atoms with van der Waals surface area (Å²) in [5, 5.41) is 0. The van der Waals surface area contributed by atoms with Crippen LogP contribution in [0, 0.1) is 0 Å². The highest BCUT2D eigenvalue weighted by atomic mass is 32.2. The Kier molecular flexibility index (Phi) is 3.18. The van der Waals surface area contributed by atoms with Crippen molar-refractivity contribution in [3.05, 3.63) is 53.3 Å². The van der Waals surface area contributed by atoms with E-state index in [1.54, 1.807) is 0 Å². The lowest BCUT2D eigenvalue weighted by Gasteiger charge is -2.14. The highest BCUT2D eigenvalue weighted by Crippen LogP contribution is 2.32. The molecule has 2 heterocycles. The van der Waals surface area contributed by atoms with Gasteiger partial charge in [-0.3, -0.25) is 0 Å². The van der Waals surface area contributed by atoms with Crippen molar-refractivity contribution in [1.29, 1.82) is 0 Å². The van der Waals surface area contributed by atoms with Crippen molar-refractivity contribution in [3.63, 3.8) is 0 Å². The Morgan fingerprint density at radius 1 is 1.17 bits per heavy atom. The predicted molar refractivity (Wildman–Crippen MR) is 76.9 cm³/mol. The summed E-state index contributed by atoms with van der Waals surface area (Å²) in [5.74, 6) is 1.07. The molecule has 0 bridgehead atoms. The summed E-state index contributed by atoms with van der Waals surface area (Å²) in [6.07, 6.45) is 0. The minimum atomic E-state index is 1.01. The van der Waals surface area contributed by atoms with Gasteiger partial charge in [-0.05, 0) is 37.9 Å². The van der Waals surface area contributed by atoms with Crippen LogP contribution in [0.15, 0.2) is 41.3 Å². The summed E-state index contributed by atoms with van der Waals surface area (Å²) in [5.41, 5.74) is 4.29. The topological polar surface area (TPSA) is 8.17 Å². The van der Waals surface area contributed by atoms with Crippen LogP contribution in [-0.2, 0) is 18.8 Å². The summed E-state index contributed by atoms with van der Waals surface area (Å²) in [6, 6.07) is 13.3. The van der Waals surface area contributed by atoms with Gasteiger partial charge < -0.3 is 9.47 Å². The number of thioether (sulfide) groups is 1. The largest absolute Gasteiger partial charge is 0.342 e. The Balaban J connectivity index is 1.98. The average Bonchev–Trinajstić information content (AvgIpc) is 2.60. The molecule has 94 valence electrons. The summed E-state index contributed by atoms with van der Waals surface area (Å²) in [4.78, 5) is 3.66. The maximum absolute atomic E-state index is 2.47. The van der Waals surface area contributed by atoms with Crippen molar-refractivity contribution in [2.75, 3.05) is 14.1 Å². The highest BCUT2D eigenvalue weighted by Gasteiger charge is 2.15. The molecule has 0 saturated carbocycles.